The van der Waals surface area contributed by atoms with Gasteiger partial charge in [0.05, 0.1) is 24.9 Å². The first-order chi connectivity index (χ1) is 9.61. The number of pyridine rings is 1. The van der Waals surface area contributed by atoms with Crippen LogP contribution in [-0.2, 0) is 0 Å². The van der Waals surface area contributed by atoms with Crippen molar-refractivity contribution in [1.29, 1.82) is 0 Å². The van der Waals surface area contributed by atoms with Crippen LogP contribution in [0.3, 0.4) is 0 Å². The van der Waals surface area contributed by atoms with Crippen molar-refractivity contribution < 1.29 is 9.53 Å². The minimum absolute atomic E-state index is 0.0992. The number of carbonyl (C=O) groups is 1. The first kappa shape index (κ1) is 14.5. The molecule has 5 heteroatoms. The smallest absolute Gasteiger partial charge is 0.255 e. The van der Waals surface area contributed by atoms with Crippen LogP contribution in [0.1, 0.15) is 28.9 Å². The molecule has 0 fully saturated rings. The highest BCUT2D eigenvalue weighted by molar-refractivity contribution is 9.10. The number of nitrogens with one attached hydrogen (secondary N) is 1. The first-order valence-electron chi connectivity index (χ1n) is 6.16. The van der Waals surface area contributed by atoms with E-state index in [1.807, 2.05) is 31.2 Å². The van der Waals surface area contributed by atoms with Gasteiger partial charge < -0.3 is 10.1 Å². The third-order valence-electron chi connectivity index (χ3n) is 2.95. The lowest BCUT2D eigenvalue weighted by atomic mass is 10.1. The Kier molecular flexibility index (Phi) is 4.74. The molecular weight excluding hydrogens is 320 g/mol. The minimum atomic E-state index is -0.184. The molecule has 0 saturated carbocycles. The Morgan fingerprint density at radius 2 is 2.20 bits per heavy atom. The summed E-state index contributed by atoms with van der Waals surface area (Å²) in [5, 5.41) is 2.95. The number of benzene rings is 1. The van der Waals surface area contributed by atoms with Crippen LogP contribution in [0.25, 0.3) is 0 Å². The SMILES string of the molecule is COc1cnccc1C(=O)NC(C)c1cccc(Br)c1. The molecule has 4 nitrogen and oxygen atoms in total. The second-order valence-corrected chi connectivity index (χ2v) is 5.24. The quantitative estimate of drug-likeness (QED) is 0.932. The maximum Gasteiger partial charge on any atom is 0.255 e. The molecule has 2 rings (SSSR count). The number of hydrogen-bond donors (Lipinski definition) is 1. The normalized spacial score (nSPS) is 11.8. The third kappa shape index (κ3) is 3.36. The lowest BCUT2D eigenvalue weighted by Crippen LogP contribution is -2.27. The topological polar surface area (TPSA) is 51.2 Å². The van der Waals surface area contributed by atoms with Gasteiger partial charge in [-0.25, -0.2) is 0 Å². The number of rotatable bonds is 4. The number of halogens is 1. The predicted molar refractivity (Wildman–Crippen MR) is 80.8 cm³/mol. The number of nitrogens with zero attached hydrogens (tertiary/aromatic N) is 1. The van der Waals surface area contributed by atoms with Gasteiger partial charge in [0.2, 0.25) is 0 Å². The van der Waals surface area contributed by atoms with E-state index in [0.29, 0.717) is 11.3 Å². The van der Waals surface area contributed by atoms with E-state index in [-0.39, 0.29) is 11.9 Å². The molecule has 1 unspecified atom stereocenters. The average molecular weight is 335 g/mol. The molecule has 0 spiro atoms. The van der Waals surface area contributed by atoms with Crippen molar-refractivity contribution in [2.75, 3.05) is 7.11 Å². The van der Waals surface area contributed by atoms with Crippen molar-refractivity contribution in [1.82, 2.24) is 10.3 Å². The summed E-state index contributed by atoms with van der Waals surface area (Å²) in [6.45, 7) is 1.94. The first-order valence-corrected chi connectivity index (χ1v) is 6.95. The molecule has 1 atom stereocenters. The van der Waals surface area contributed by atoms with Gasteiger partial charge >= 0.3 is 0 Å². The molecule has 1 aromatic heterocycles. The Morgan fingerprint density at radius 1 is 1.40 bits per heavy atom. The Morgan fingerprint density at radius 3 is 2.90 bits per heavy atom. The Labute approximate surface area is 126 Å². The minimum Gasteiger partial charge on any atom is -0.494 e. The number of hydrogen-bond acceptors (Lipinski definition) is 3. The zero-order chi connectivity index (χ0) is 14.5. The highest BCUT2D eigenvalue weighted by atomic mass is 79.9. The van der Waals surface area contributed by atoms with E-state index in [2.05, 4.69) is 26.2 Å². The van der Waals surface area contributed by atoms with Crippen LogP contribution >= 0.6 is 15.9 Å². The van der Waals surface area contributed by atoms with Gasteiger partial charge in [0.15, 0.2) is 0 Å². The molecule has 1 heterocycles. The van der Waals surface area contributed by atoms with Crippen molar-refractivity contribution in [3.05, 3.63) is 58.3 Å². The standard InChI is InChI=1S/C15H15BrN2O2/c1-10(11-4-3-5-12(16)8-11)18-15(19)13-6-7-17-9-14(13)20-2/h3-10H,1-2H3,(H,18,19). The summed E-state index contributed by atoms with van der Waals surface area (Å²) in [6.07, 6.45) is 3.10. The number of carbonyl (C=O) groups excluding carboxylic acids is 1. The van der Waals surface area contributed by atoms with E-state index in [0.717, 1.165) is 10.0 Å². The largest absolute Gasteiger partial charge is 0.494 e. The summed E-state index contributed by atoms with van der Waals surface area (Å²) < 4.78 is 6.13. The summed E-state index contributed by atoms with van der Waals surface area (Å²) in [5.41, 5.74) is 1.50. The summed E-state index contributed by atoms with van der Waals surface area (Å²) in [4.78, 5) is 16.2. The fraction of sp³-hybridized carbons (Fsp3) is 0.200. The van der Waals surface area contributed by atoms with E-state index in [1.165, 1.54) is 13.3 Å². The Hall–Kier alpha value is -1.88. The van der Waals surface area contributed by atoms with Crippen molar-refractivity contribution in [2.45, 2.75) is 13.0 Å². The molecule has 0 aliphatic carbocycles. The van der Waals surface area contributed by atoms with Crippen LogP contribution in [0.15, 0.2) is 47.2 Å². The molecule has 1 amide bonds. The molecule has 2 aromatic rings. The van der Waals surface area contributed by atoms with Gasteiger partial charge in [0, 0.05) is 10.7 Å². The van der Waals surface area contributed by atoms with Gasteiger partial charge in [-0.15, -0.1) is 0 Å². The lowest BCUT2D eigenvalue weighted by Gasteiger charge is -2.15. The Bertz CT molecular complexity index is 616. The molecule has 0 saturated heterocycles. The Balaban J connectivity index is 2.15. The van der Waals surface area contributed by atoms with E-state index in [4.69, 9.17) is 4.74 Å². The van der Waals surface area contributed by atoms with Gasteiger partial charge in [0.1, 0.15) is 5.75 Å². The van der Waals surface area contributed by atoms with Crippen molar-refractivity contribution in [3.63, 3.8) is 0 Å². The molecule has 1 N–H and O–H groups in total. The predicted octanol–water partition coefficient (Wildman–Crippen LogP) is 3.34. The monoisotopic (exact) mass is 334 g/mol. The molecule has 104 valence electrons. The van der Waals surface area contributed by atoms with Crippen molar-refractivity contribution in [2.24, 2.45) is 0 Å². The highest BCUT2D eigenvalue weighted by Gasteiger charge is 2.15. The molecule has 1 aromatic carbocycles. The van der Waals surface area contributed by atoms with Gasteiger partial charge in [-0.3, -0.25) is 9.78 Å². The zero-order valence-electron chi connectivity index (χ0n) is 11.3. The van der Waals surface area contributed by atoms with Crippen LogP contribution in [0.5, 0.6) is 5.75 Å². The van der Waals surface area contributed by atoms with Gasteiger partial charge in [0.25, 0.3) is 5.91 Å². The number of amides is 1. The van der Waals surface area contributed by atoms with Crippen LogP contribution in [-0.4, -0.2) is 18.0 Å². The maximum absolute atomic E-state index is 12.3. The van der Waals surface area contributed by atoms with Crippen LogP contribution in [0.4, 0.5) is 0 Å². The lowest BCUT2D eigenvalue weighted by molar-refractivity contribution is 0.0936. The summed E-state index contributed by atoms with van der Waals surface area (Å²) >= 11 is 3.42. The van der Waals surface area contributed by atoms with E-state index >= 15 is 0 Å². The van der Waals surface area contributed by atoms with Gasteiger partial charge in [-0.05, 0) is 30.7 Å². The number of aromatic nitrogens is 1. The third-order valence-corrected chi connectivity index (χ3v) is 3.44. The second-order valence-electron chi connectivity index (χ2n) is 4.33. The van der Waals surface area contributed by atoms with E-state index in [1.54, 1.807) is 12.3 Å². The molecular formula is C15H15BrN2O2. The summed E-state index contributed by atoms with van der Waals surface area (Å²) in [6, 6.07) is 9.38. The molecule has 0 bridgehead atoms. The van der Waals surface area contributed by atoms with Gasteiger partial charge in [-0.1, -0.05) is 28.1 Å². The van der Waals surface area contributed by atoms with Crippen LogP contribution in [0, 0.1) is 0 Å². The van der Waals surface area contributed by atoms with E-state index in [9.17, 15) is 4.79 Å². The van der Waals surface area contributed by atoms with Crippen molar-refractivity contribution >= 4 is 21.8 Å². The highest BCUT2D eigenvalue weighted by Crippen LogP contribution is 2.20. The summed E-state index contributed by atoms with van der Waals surface area (Å²) in [5.74, 6) is 0.281. The fourth-order valence-electron chi connectivity index (χ4n) is 1.86. The number of methoxy groups -OCH3 is 1. The van der Waals surface area contributed by atoms with Gasteiger partial charge in [-0.2, -0.15) is 0 Å². The molecule has 0 aliphatic rings. The maximum atomic E-state index is 12.3. The number of ether oxygens (including phenoxy) is 1. The van der Waals surface area contributed by atoms with Crippen molar-refractivity contribution in [3.8, 4) is 5.75 Å². The molecule has 0 aliphatic heterocycles. The van der Waals surface area contributed by atoms with E-state index < -0.39 is 0 Å². The average Bonchev–Trinajstić information content (AvgIpc) is 2.47. The van der Waals surface area contributed by atoms with Crippen LogP contribution in [0.2, 0.25) is 0 Å². The van der Waals surface area contributed by atoms with Crippen LogP contribution < -0.4 is 10.1 Å². The summed E-state index contributed by atoms with van der Waals surface area (Å²) in [7, 11) is 1.52. The molecule has 0 radical (unpaired) electrons. The zero-order valence-corrected chi connectivity index (χ0v) is 12.8. The fourth-order valence-corrected chi connectivity index (χ4v) is 2.28. The second kappa shape index (κ2) is 6.52. The molecule has 20 heavy (non-hydrogen) atoms.